The highest BCUT2D eigenvalue weighted by Gasteiger charge is 2.26. The van der Waals surface area contributed by atoms with Crippen molar-refractivity contribution >= 4 is 28.3 Å². The van der Waals surface area contributed by atoms with Crippen LogP contribution in [0.2, 0.25) is 0 Å². The van der Waals surface area contributed by atoms with Gasteiger partial charge in [0.05, 0.1) is 15.1 Å². The van der Waals surface area contributed by atoms with Gasteiger partial charge in [-0.25, -0.2) is 4.39 Å². The second-order valence-electron chi connectivity index (χ2n) is 5.34. The Labute approximate surface area is 136 Å². The number of hydrogen-bond donors (Lipinski definition) is 1. The molecule has 2 unspecified atom stereocenters. The predicted molar refractivity (Wildman–Crippen MR) is 85.8 cm³/mol. The summed E-state index contributed by atoms with van der Waals surface area (Å²) < 4.78 is 19.4. The van der Waals surface area contributed by atoms with Crippen LogP contribution in [-0.2, 0) is 0 Å². The van der Waals surface area contributed by atoms with E-state index >= 15 is 0 Å². The molecule has 1 aromatic rings. The molecule has 0 heterocycles. The van der Waals surface area contributed by atoms with E-state index in [4.69, 9.17) is 10.5 Å². The molecule has 0 radical (unpaired) electrons. The second-order valence-corrected chi connectivity index (χ2v) is 6.50. The molecule has 0 saturated heterocycles. The first-order valence-electron chi connectivity index (χ1n) is 6.99. The summed E-state index contributed by atoms with van der Waals surface area (Å²) in [4.78, 5) is 10.5. The van der Waals surface area contributed by atoms with Gasteiger partial charge in [-0.05, 0) is 53.8 Å². The smallest absolute Gasteiger partial charge is 0.312 e. The van der Waals surface area contributed by atoms with Crippen molar-refractivity contribution in [2.24, 2.45) is 17.6 Å². The van der Waals surface area contributed by atoms with Crippen molar-refractivity contribution in [3.8, 4) is 5.75 Å². The molecule has 0 aliphatic heterocycles. The summed E-state index contributed by atoms with van der Waals surface area (Å²) in [6, 6.07) is 2.30. The second kappa shape index (κ2) is 7.35. The molecule has 2 N–H and O–H groups in total. The van der Waals surface area contributed by atoms with Gasteiger partial charge in [0, 0.05) is 12.1 Å². The van der Waals surface area contributed by atoms with Crippen LogP contribution in [0.25, 0.3) is 0 Å². The Morgan fingerprint density at radius 2 is 2.05 bits per heavy atom. The summed E-state index contributed by atoms with van der Waals surface area (Å²) >= 11 is 1.73. The number of nitrogens with zero attached hydrogens (tertiary/aromatic N) is 1. The lowest BCUT2D eigenvalue weighted by Gasteiger charge is -2.30. The van der Waals surface area contributed by atoms with Crippen molar-refractivity contribution in [2.75, 3.05) is 13.2 Å². The number of nitro groups is 1. The molecule has 116 valence electrons. The third kappa shape index (κ3) is 4.03. The van der Waals surface area contributed by atoms with Crippen LogP contribution in [-0.4, -0.2) is 18.1 Å². The zero-order valence-corrected chi connectivity index (χ0v) is 13.7. The number of hydrogen-bond acceptors (Lipinski definition) is 4. The van der Waals surface area contributed by atoms with Crippen molar-refractivity contribution in [1.29, 1.82) is 0 Å². The molecule has 1 saturated carbocycles. The molecule has 0 bridgehead atoms. The minimum atomic E-state index is -0.543. The van der Waals surface area contributed by atoms with Crippen LogP contribution in [0.4, 0.5) is 10.1 Å². The Balaban J connectivity index is 2.11. The van der Waals surface area contributed by atoms with Crippen molar-refractivity contribution in [1.82, 2.24) is 0 Å². The van der Waals surface area contributed by atoms with E-state index in [1.54, 1.807) is 22.6 Å². The van der Waals surface area contributed by atoms with Crippen LogP contribution in [0.5, 0.6) is 5.75 Å². The van der Waals surface area contributed by atoms with Gasteiger partial charge in [0.15, 0.2) is 5.75 Å². The van der Waals surface area contributed by atoms with E-state index in [1.165, 1.54) is 6.07 Å². The fraction of sp³-hybridized carbons (Fsp3) is 0.571. The van der Waals surface area contributed by atoms with Gasteiger partial charge in [0.25, 0.3) is 0 Å². The van der Waals surface area contributed by atoms with Gasteiger partial charge >= 0.3 is 5.69 Å². The lowest BCUT2D eigenvalue weighted by atomic mass is 9.80. The Morgan fingerprint density at radius 3 is 2.67 bits per heavy atom. The maximum atomic E-state index is 13.6. The molecule has 1 aromatic carbocycles. The third-order valence-electron chi connectivity index (χ3n) is 4.02. The topological polar surface area (TPSA) is 78.4 Å². The van der Waals surface area contributed by atoms with E-state index in [-0.39, 0.29) is 20.9 Å². The number of nitrogens with two attached hydrogens (primary N) is 1. The molecule has 1 aliphatic carbocycles. The number of ether oxygens (including phenoxy) is 1. The van der Waals surface area contributed by atoms with Crippen molar-refractivity contribution < 1.29 is 14.1 Å². The molecule has 5 nitrogen and oxygen atoms in total. The summed E-state index contributed by atoms with van der Waals surface area (Å²) in [6.45, 7) is 0.944. The average Bonchev–Trinajstić information content (AvgIpc) is 2.48. The highest BCUT2D eigenvalue weighted by atomic mass is 127. The first-order chi connectivity index (χ1) is 10.0. The Morgan fingerprint density at radius 1 is 1.38 bits per heavy atom. The summed E-state index contributed by atoms with van der Waals surface area (Å²) in [6.07, 6.45) is 4.35. The number of nitro benzene ring substituents is 1. The van der Waals surface area contributed by atoms with Gasteiger partial charge in [-0.15, -0.1) is 0 Å². The van der Waals surface area contributed by atoms with E-state index in [0.29, 0.717) is 19.1 Å². The van der Waals surface area contributed by atoms with E-state index in [1.807, 2.05) is 0 Å². The van der Waals surface area contributed by atoms with Gasteiger partial charge < -0.3 is 10.5 Å². The van der Waals surface area contributed by atoms with Crippen LogP contribution in [0, 0.1) is 31.3 Å². The molecule has 2 rings (SSSR count). The molecular weight excluding hydrogens is 390 g/mol. The molecular formula is C14H18FIN2O3. The number of rotatable bonds is 5. The Hall–Kier alpha value is -0.960. The summed E-state index contributed by atoms with van der Waals surface area (Å²) in [5.74, 6) is 0.159. The van der Waals surface area contributed by atoms with Gasteiger partial charge in [-0.2, -0.15) is 0 Å². The molecule has 1 fully saturated rings. The molecule has 0 spiro atoms. The highest BCUT2D eigenvalue weighted by molar-refractivity contribution is 14.1. The summed E-state index contributed by atoms with van der Waals surface area (Å²) in [7, 11) is 0. The van der Waals surface area contributed by atoms with E-state index < -0.39 is 10.7 Å². The van der Waals surface area contributed by atoms with Crippen LogP contribution in [0.15, 0.2) is 12.1 Å². The molecule has 1 aliphatic rings. The molecule has 0 aromatic heterocycles. The number of benzene rings is 1. The van der Waals surface area contributed by atoms with Crippen LogP contribution in [0.1, 0.15) is 25.7 Å². The van der Waals surface area contributed by atoms with Gasteiger partial charge in [0.2, 0.25) is 0 Å². The summed E-state index contributed by atoms with van der Waals surface area (Å²) in [5, 5.41) is 11.0. The SMILES string of the molecule is NCC1CCCCC1COc1cc(F)c(I)cc1[N+](=O)[O-]. The first-order valence-corrected chi connectivity index (χ1v) is 8.07. The molecule has 21 heavy (non-hydrogen) atoms. The quantitative estimate of drug-likeness (QED) is 0.460. The third-order valence-corrected chi connectivity index (χ3v) is 4.85. The summed E-state index contributed by atoms with van der Waals surface area (Å²) in [5.41, 5.74) is 5.57. The normalized spacial score (nSPS) is 22.0. The minimum Gasteiger partial charge on any atom is -0.486 e. The van der Waals surface area contributed by atoms with Crippen LogP contribution in [0.3, 0.4) is 0 Å². The molecule has 7 heteroatoms. The fourth-order valence-electron chi connectivity index (χ4n) is 2.79. The Kier molecular flexibility index (Phi) is 5.74. The zero-order chi connectivity index (χ0) is 15.4. The maximum absolute atomic E-state index is 13.6. The van der Waals surface area contributed by atoms with Gasteiger partial charge in [-0.3, -0.25) is 10.1 Å². The highest BCUT2D eigenvalue weighted by Crippen LogP contribution is 2.34. The monoisotopic (exact) mass is 408 g/mol. The van der Waals surface area contributed by atoms with E-state index in [2.05, 4.69) is 0 Å². The van der Waals surface area contributed by atoms with Gasteiger partial charge in [0.1, 0.15) is 5.82 Å². The van der Waals surface area contributed by atoms with Crippen molar-refractivity contribution in [3.05, 3.63) is 31.6 Å². The largest absolute Gasteiger partial charge is 0.486 e. The van der Waals surface area contributed by atoms with Crippen LogP contribution >= 0.6 is 22.6 Å². The van der Waals surface area contributed by atoms with E-state index in [9.17, 15) is 14.5 Å². The van der Waals surface area contributed by atoms with Gasteiger partial charge in [-0.1, -0.05) is 12.8 Å². The lowest BCUT2D eigenvalue weighted by Crippen LogP contribution is -2.30. The zero-order valence-electron chi connectivity index (χ0n) is 11.6. The van der Waals surface area contributed by atoms with Crippen LogP contribution < -0.4 is 10.5 Å². The van der Waals surface area contributed by atoms with Crippen molar-refractivity contribution in [3.63, 3.8) is 0 Å². The Bertz CT molecular complexity index is 527. The first kappa shape index (κ1) is 16.4. The number of halogens is 2. The lowest BCUT2D eigenvalue weighted by molar-refractivity contribution is -0.386. The standard InChI is InChI=1S/C14H18FIN2O3/c15-11-5-14(13(18(19)20)6-12(11)16)21-8-10-4-2-1-3-9(10)7-17/h5-6,9-10H,1-4,7-8,17H2. The molecule has 0 amide bonds. The van der Waals surface area contributed by atoms with E-state index in [0.717, 1.165) is 31.7 Å². The fourth-order valence-corrected chi connectivity index (χ4v) is 3.24. The maximum Gasteiger partial charge on any atom is 0.312 e. The van der Waals surface area contributed by atoms with Crippen molar-refractivity contribution in [2.45, 2.75) is 25.7 Å². The minimum absolute atomic E-state index is 0.000684. The molecule has 2 atom stereocenters. The average molecular weight is 408 g/mol. The predicted octanol–water partition coefficient (Wildman–Crippen LogP) is 3.48.